The van der Waals surface area contributed by atoms with Crippen molar-refractivity contribution in [1.82, 2.24) is 53.6 Å². The van der Waals surface area contributed by atoms with Gasteiger partial charge in [-0.1, -0.05) is 432 Å². The lowest BCUT2D eigenvalue weighted by molar-refractivity contribution is 0.992. The molecule has 0 spiro atoms. The van der Waals surface area contributed by atoms with Crippen molar-refractivity contribution >= 4 is 96.9 Å². The van der Waals surface area contributed by atoms with E-state index in [1.807, 2.05) is 102 Å². The third kappa shape index (κ3) is 17.0. The van der Waals surface area contributed by atoms with E-state index in [1.165, 1.54) is 103 Å². The van der Waals surface area contributed by atoms with Gasteiger partial charge in [-0.3, -0.25) is 4.57 Å². The van der Waals surface area contributed by atoms with Gasteiger partial charge >= 0.3 is 0 Å². The van der Waals surface area contributed by atoms with E-state index in [0.717, 1.165) is 106 Å². The average molecular weight is 1850 g/mol. The topological polar surface area (TPSA) is 118 Å². The standard InChI is InChI=1S/2C45H30N4.C40H25N3S.CH4/c1-4-14-31(15-5-1)34-20-12-21-36(28-34)44-46-43(33-18-8-3-9-19-33)47-45(48-44)37-22-13-23-38(29-37)49-41-25-11-10-24-39(41)40-27-26-35(30-42(40)49)32-16-6-2-7-17-32;1-4-13-31(14-5-1)33-23-25-35(26-24-33)44-46-43(34-17-8-3-9-18-34)47-45(48-44)37-19-12-20-38(29-37)49-41-22-11-10-21-39(41)40-28-27-36(30-42(40)49)32-15-6-2-7-16-32;1-2-9-26(10-3-1)27-17-19-28(20-18-27)35-23-24-41-40(42-35)43-36-15-6-4-11-31(36)34-25-29(21-22-37(34)43)30-13-8-14-33-32-12-5-7-16-38(32)44-39(30)33;/h2*1-30H;1-25H;1H4. The molecule has 27 rings (SSSR count). The number of hydrogen-bond acceptors (Lipinski definition) is 9. The summed E-state index contributed by atoms with van der Waals surface area (Å²) in [7, 11) is 0. The number of aromatic nitrogens is 11. The fourth-order valence-corrected chi connectivity index (χ4v) is 20.9. The number of fused-ring (bicyclic) bond motifs is 12. The van der Waals surface area contributed by atoms with Crippen LogP contribution in [0.25, 0.3) is 249 Å². The van der Waals surface area contributed by atoms with Crippen LogP contribution < -0.4 is 0 Å². The molecule has 0 bridgehead atoms. The van der Waals surface area contributed by atoms with Crippen molar-refractivity contribution in [2.75, 3.05) is 0 Å². The summed E-state index contributed by atoms with van der Waals surface area (Å²) < 4.78 is 9.54. The third-order valence-corrected chi connectivity index (χ3v) is 27.8. The summed E-state index contributed by atoms with van der Waals surface area (Å²) in [4.78, 5) is 40.1. The van der Waals surface area contributed by atoms with E-state index in [1.54, 1.807) is 0 Å². The van der Waals surface area contributed by atoms with Gasteiger partial charge in [0.2, 0.25) is 5.95 Å². The summed E-state index contributed by atoms with van der Waals surface area (Å²) >= 11 is 1.87. The smallest absolute Gasteiger partial charge is 0.235 e. The highest BCUT2D eigenvalue weighted by atomic mass is 32.1. The molecule has 0 atom stereocenters. The first-order valence-electron chi connectivity index (χ1n) is 47.7. The van der Waals surface area contributed by atoms with Gasteiger partial charge in [-0.15, -0.1) is 11.3 Å². The highest BCUT2D eigenvalue weighted by Gasteiger charge is 2.24. The molecule has 0 unspecified atom stereocenters. The Hall–Kier alpha value is -18.9. The van der Waals surface area contributed by atoms with Crippen molar-refractivity contribution in [1.29, 1.82) is 0 Å². The van der Waals surface area contributed by atoms with Crippen molar-refractivity contribution in [3.63, 3.8) is 0 Å². The predicted octanol–water partition coefficient (Wildman–Crippen LogP) is 34.2. The Morgan fingerprint density at radius 1 is 0.168 bits per heavy atom. The van der Waals surface area contributed by atoms with Crippen LogP contribution in [0.4, 0.5) is 0 Å². The lowest BCUT2D eigenvalue weighted by atomic mass is 10.0. The molecule has 0 radical (unpaired) electrons. The maximum atomic E-state index is 5.10. The van der Waals surface area contributed by atoms with Crippen molar-refractivity contribution in [3.8, 4) is 164 Å². The number of benzene rings is 20. The molecule has 0 saturated heterocycles. The molecule has 0 aliphatic heterocycles. The van der Waals surface area contributed by atoms with Crippen LogP contribution in [0.2, 0.25) is 0 Å². The Bertz CT molecular complexity index is 9380. The molecule has 143 heavy (non-hydrogen) atoms. The van der Waals surface area contributed by atoms with Crippen molar-refractivity contribution < 1.29 is 0 Å². The summed E-state index contributed by atoms with van der Waals surface area (Å²) in [6, 6.07) is 178. The first-order chi connectivity index (χ1) is 70.4. The average Bonchev–Trinajstić information content (AvgIpc) is 1.58. The zero-order valence-electron chi connectivity index (χ0n) is 76.9. The largest absolute Gasteiger partial charge is 0.309 e. The van der Waals surface area contributed by atoms with Gasteiger partial charge in [-0.2, -0.15) is 0 Å². The molecule has 0 N–H and O–H groups in total. The number of thiophene rings is 1. The van der Waals surface area contributed by atoms with Crippen molar-refractivity contribution in [2.24, 2.45) is 0 Å². The number of nitrogens with zero attached hydrogens (tertiary/aromatic N) is 11. The predicted molar refractivity (Wildman–Crippen MR) is 595 cm³/mol. The minimum Gasteiger partial charge on any atom is -0.309 e. The first kappa shape index (κ1) is 86.9. The Labute approximate surface area is 831 Å². The molecule has 0 amide bonds. The Balaban J connectivity index is 0.000000115. The van der Waals surface area contributed by atoms with Gasteiger partial charge < -0.3 is 9.13 Å². The van der Waals surface area contributed by atoms with Crippen LogP contribution in [0.15, 0.2) is 516 Å². The molecule has 11 nitrogen and oxygen atoms in total. The van der Waals surface area contributed by atoms with E-state index in [2.05, 4.69) is 438 Å². The van der Waals surface area contributed by atoms with Gasteiger partial charge in [0.1, 0.15) is 0 Å². The molecular weight excluding hydrogens is 1760 g/mol. The van der Waals surface area contributed by atoms with Crippen LogP contribution in [0.3, 0.4) is 0 Å². The van der Waals surface area contributed by atoms with Crippen LogP contribution in [0.5, 0.6) is 0 Å². The molecule has 0 fully saturated rings. The Kier molecular flexibility index (Phi) is 23.2. The Morgan fingerprint density at radius 3 is 0.937 bits per heavy atom. The van der Waals surface area contributed by atoms with Crippen LogP contribution in [0.1, 0.15) is 7.43 Å². The van der Waals surface area contributed by atoms with Crippen LogP contribution in [-0.4, -0.2) is 53.6 Å². The third-order valence-electron chi connectivity index (χ3n) is 26.6. The van der Waals surface area contributed by atoms with Crippen LogP contribution >= 0.6 is 11.3 Å². The molecule has 27 aromatic rings. The van der Waals surface area contributed by atoms with E-state index >= 15 is 0 Å². The molecule has 7 aromatic heterocycles. The SMILES string of the molecule is C.c1ccc(-c2ccc(-c3ccnc(-n4c5ccccc5c5cc(-c6cccc7c6sc6ccccc67)ccc54)n3)cc2)cc1.c1ccc(-c2ccc(-c3nc(-c4ccccc4)nc(-c4cccc(-n5c6ccccc6c6ccc(-c7ccccc7)cc65)c4)n3)cc2)cc1.c1ccc(-c2cccc(-c3nc(-c4ccccc4)nc(-c4cccc(-n5c6ccccc6c6ccc(-c7ccccc7)cc65)c4)n3)c2)cc1. The maximum Gasteiger partial charge on any atom is 0.235 e. The fourth-order valence-electron chi connectivity index (χ4n) is 19.7. The number of hydrogen-bond donors (Lipinski definition) is 0. The van der Waals surface area contributed by atoms with E-state index < -0.39 is 0 Å². The quantitative estimate of drug-likeness (QED) is 0.0939. The molecule has 674 valence electrons. The lowest BCUT2D eigenvalue weighted by Gasteiger charge is -2.12. The van der Waals surface area contributed by atoms with E-state index in [0.29, 0.717) is 40.9 Å². The normalized spacial score (nSPS) is 11.3. The summed E-state index contributed by atoms with van der Waals surface area (Å²) in [6.07, 6.45) is 1.86. The number of rotatable bonds is 16. The second kappa shape index (κ2) is 38.2. The van der Waals surface area contributed by atoms with Crippen molar-refractivity contribution in [3.05, 3.63) is 516 Å². The second-order valence-electron chi connectivity index (χ2n) is 35.3. The maximum absolute atomic E-state index is 5.10. The summed E-state index contributed by atoms with van der Waals surface area (Å²) in [5, 5.41) is 9.88. The molecule has 12 heteroatoms. The molecule has 0 aliphatic rings. The zero-order chi connectivity index (χ0) is 94.2. The summed E-state index contributed by atoms with van der Waals surface area (Å²) in [5.74, 6) is 4.47. The fraction of sp³-hybridized carbons (Fsp3) is 0.00763. The second-order valence-corrected chi connectivity index (χ2v) is 36.3. The zero-order valence-corrected chi connectivity index (χ0v) is 77.7. The molecule has 0 saturated carbocycles. The lowest BCUT2D eigenvalue weighted by Crippen LogP contribution is -2.01. The summed E-state index contributed by atoms with van der Waals surface area (Å²) in [5.41, 5.74) is 30.7. The number of para-hydroxylation sites is 3. The van der Waals surface area contributed by atoms with Gasteiger partial charge in [-0.05, 0) is 152 Å². The van der Waals surface area contributed by atoms with Gasteiger partial charge in [0.05, 0.1) is 38.8 Å². The first-order valence-corrected chi connectivity index (χ1v) is 48.5. The van der Waals surface area contributed by atoms with Gasteiger partial charge in [-0.25, -0.2) is 39.9 Å². The van der Waals surface area contributed by atoms with Gasteiger partial charge in [0, 0.05) is 109 Å². The molecular formula is C131H89N11S. The minimum atomic E-state index is 0. The van der Waals surface area contributed by atoms with Crippen molar-refractivity contribution in [2.45, 2.75) is 7.43 Å². The monoisotopic (exact) mass is 1850 g/mol. The molecule has 20 aromatic carbocycles. The molecule has 7 heterocycles. The van der Waals surface area contributed by atoms with Crippen LogP contribution in [-0.2, 0) is 0 Å². The minimum absolute atomic E-state index is 0. The van der Waals surface area contributed by atoms with E-state index in [9.17, 15) is 0 Å². The highest BCUT2D eigenvalue weighted by molar-refractivity contribution is 7.26. The van der Waals surface area contributed by atoms with Gasteiger partial charge in [0.25, 0.3) is 0 Å². The van der Waals surface area contributed by atoms with Crippen LogP contribution in [0, 0.1) is 0 Å². The van der Waals surface area contributed by atoms with E-state index in [4.69, 9.17) is 39.9 Å². The Morgan fingerprint density at radius 2 is 0.469 bits per heavy atom. The highest BCUT2D eigenvalue weighted by Crippen LogP contribution is 2.45. The van der Waals surface area contributed by atoms with Gasteiger partial charge in [0.15, 0.2) is 34.9 Å². The van der Waals surface area contributed by atoms with E-state index in [-0.39, 0.29) is 7.43 Å². The summed E-state index contributed by atoms with van der Waals surface area (Å²) in [6.45, 7) is 0. The molecule has 0 aliphatic carbocycles.